The number of hydrogen-bond acceptors (Lipinski definition) is 4. The maximum absolute atomic E-state index is 13.4. The lowest BCUT2D eigenvalue weighted by atomic mass is 9.87. The molecule has 0 aliphatic heterocycles. The highest BCUT2D eigenvalue weighted by molar-refractivity contribution is 7.21. The molecule has 162 valence electrons. The Bertz CT molecular complexity index is 1290. The Hall–Kier alpha value is -2.98. The molecular weight excluding hydrogens is 412 g/mol. The van der Waals surface area contributed by atoms with Crippen molar-refractivity contribution in [3.63, 3.8) is 0 Å². The predicted molar refractivity (Wildman–Crippen MR) is 135 cm³/mol. The smallest absolute Gasteiger partial charge is 0.205 e. The molecule has 0 bridgehead atoms. The van der Waals surface area contributed by atoms with E-state index in [-0.39, 0.29) is 5.78 Å². The zero-order valence-electron chi connectivity index (χ0n) is 18.7. The molecule has 3 nitrogen and oxygen atoms in total. The van der Waals surface area contributed by atoms with Crippen molar-refractivity contribution in [2.24, 2.45) is 5.92 Å². The first-order valence-corrected chi connectivity index (χ1v) is 12.3. The van der Waals surface area contributed by atoms with Crippen molar-refractivity contribution in [2.45, 2.75) is 46.0 Å². The van der Waals surface area contributed by atoms with Crippen LogP contribution in [0.15, 0.2) is 54.6 Å². The molecule has 0 saturated heterocycles. The topological polar surface area (TPSA) is 56.0 Å². The second-order valence-corrected chi connectivity index (χ2v) is 10.1. The maximum Gasteiger partial charge on any atom is 0.205 e. The third-order valence-corrected chi connectivity index (χ3v) is 7.44. The average molecular weight is 441 g/mol. The quantitative estimate of drug-likeness (QED) is 0.345. The van der Waals surface area contributed by atoms with Gasteiger partial charge in [0.25, 0.3) is 0 Å². The highest BCUT2D eigenvalue weighted by Gasteiger charge is 2.25. The van der Waals surface area contributed by atoms with E-state index in [1.54, 1.807) is 0 Å². The van der Waals surface area contributed by atoms with Gasteiger partial charge >= 0.3 is 0 Å². The van der Waals surface area contributed by atoms with Gasteiger partial charge in [0.15, 0.2) is 0 Å². The number of nitrogen functional groups attached to an aromatic ring is 1. The molecule has 4 heteroatoms. The van der Waals surface area contributed by atoms with Gasteiger partial charge in [0.1, 0.15) is 9.71 Å². The van der Waals surface area contributed by atoms with Crippen LogP contribution in [0.25, 0.3) is 21.3 Å². The van der Waals surface area contributed by atoms with Gasteiger partial charge in [-0.1, -0.05) is 68.4 Å². The van der Waals surface area contributed by atoms with Gasteiger partial charge in [-0.25, -0.2) is 4.98 Å². The van der Waals surface area contributed by atoms with E-state index in [1.165, 1.54) is 41.0 Å². The van der Waals surface area contributed by atoms with Crippen molar-refractivity contribution in [3.05, 3.63) is 81.9 Å². The van der Waals surface area contributed by atoms with Gasteiger partial charge in [0.05, 0.1) is 5.69 Å². The summed E-state index contributed by atoms with van der Waals surface area (Å²) in [6.45, 7) is 4.48. The Morgan fingerprint density at radius 3 is 2.41 bits per heavy atom. The molecule has 1 aliphatic carbocycles. The first-order chi connectivity index (χ1) is 15.5. The third kappa shape index (κ3) is 3.73. The molecule has 0 radical (unpaired) electrons. The van der Waals surface area contributed by atoms with Crippen LogP contribution in [-0.2, 0) is 19.3 Å². The first-order valence-electron chi connectivity index (χ1n) is 11.5. The van der Waals surface area contributed by atoms with Gasteiger partial charge in [0, 0.05) is 16.6 Å². The molecule has 2 heterocycles. The maximum atomic E-state index is 13.4. The van der Waals surface area contributed by atoms with E-state index in [1.807, 2.05) is 42.5 Å². The highest BCUT2D eigenvalue weighted by Crippen LogP contribution is 2.40. The van der Waals surface area contributed by atoms with Crippen LogP contribution >= 0.6 is 11.3 Å². The number of carbonyl (C=O) groups is 1. The van der Waals surface area contributed by atoms with E-state index in [0.717, 1.165) is 40.6 Å². The average Bonchev–Trinajstić information content (AvgIpc) is 3.15. The van der Waals surface area contributed by atoms with Crippen molar-refractivity contribution in [3.8, 4) is 11.1 Å². The Balaban J connectivity index is 1.57. The Labute approximate surface area is 193 Å². The molecule has 2 aromatic heterocycles. The van der Waals surface area contributed by atoms with Crippen LogP contribution in [0, 0.1) is 5.92 Å². The number of ketones is 1. The van der Waals surface area contributed by atoms with Gasteiger partial charge in [-0.3, -0.25) is 4.79 Å². The van der Waals surface area contributed by atoms with Gasteiger partial charge < -0.3 is 5.73 Å². The molecule has 0 unspecified atom stereocenters. The monoisotopic (exact) mass is 440 g/mol. The number of anilines is 1. The summed E-state index contributed by atoms with van der Waals surface area (Å²) >= 11 is 1.46. The summed E-state index contributed by atoms with van der Waals surface area (Å²) in [4.78, 5) is 20.0. The van der Waals surface area contributed by atoms with Crippen molar-refractivity contribution in [1.82, 2.24) is 4.98 Å². The van der Waals surface area contributed by atoms with Crippen molar-refractivity contribution >= 4 is 33.0 Å². The SMILES string of the molecule is CC(C)Cc1c2c(nc3sc(C(=O)c4ccc(-c5ccccc5)cc4)c(N)c13)CCCC2. The van der Waals surface area contributed by atoms with Crippen LogP contribution in [0.2, 0.25) is 0 Å². The number of aromatic nitrogens is 1. The fourth-order valence-corrected chi connectivity index (χ4v) is 5.90. The molecular formula is C28H28N2OS. The number of hydrogen-bond donors (Lipinski definition) is 1. The normalized spacial score (nSPS) is 13.5. The lowest BCUT2D eigenvalue weighted by molar-refractivity contribution is 0.104. The summed E-state index contributed by atoms with van der Waals surface area (Å²) in [6.07, 6.45) is 5.46. The minimum Gasteiger partial charge on any atom is -0.397 e. The minimum absolute atomic E-state index is 0.0152. The number of fused-ring (bicyclic) bond motifs is 2. The van der Waals surface area contributed by atoms with E-state index >= 15 is 0 Å². The lowest BCUT2D eigenvalue weighted by Gasteiger charge is -2.21. The minimum atomic E-state index is -0.0152. The van der Waals surface area contributed by atoms with Gasteiger partial charge in [-0.15, -0.1) is 11.3 Å². The molecule has 2 aromatic carbocycles. The molecule has 0 amide bonds. The number of aryl methyl sites for hydroxylation is 1. The number of thiophene rings is 1. The summed E-state index contributed by atoms with van der Waals surface area (Å²) in [7, 11) is 0. The summed E-state index contributed by atoms with van der Waals surface area (Å²) in [5.41, 5.74) is 14.1. The van der Waals surface area contributed by atoms with Crippen LogP contribution in [0.1, 0.15) is 58.7 Å². The molecule has 4 aromatic rings. The number of nitrogens with two attached hydrogens (primary N) is 1. The summed E-state index contributed by atoms with van der Waals surface area (Å²) in [5.74, 6) is 0.509. The molecule has 2 N–H and O–H groups in total. The van der Waals surface area contributed by atoms with Crippen LogP contribution < -0.4 is 5.73 Å². The molecule has 5 rings (SSSR count). The van der Waals surface area contributed by atoms with E-state index in [2.05, 4.69) is 26.0 Å². The van der Waals surface area contributed by atoms with Crippen LogP contribution in [-0.4, -0.2) is 10.8 Å². The second kappa shape index (κ2) is 8.51. The largest absolute Gasteiger partial charge is 0.397 e. The van der Waals surface area contributed by atoms with Gasteiger partial charge in [0.2, 0.25) is 5.78 Å². The summed E-state index contributed by atoms with van der Waals surface area (Å²) < 4.78 is 0. The number of nitrogens with zero attached hydrogens (tertiary/aromatic N) is 1. The number of rotatable bonds is 5. The van der Waals surface area contributed by atoms with E-state index in [0.29, 0.717) is 22.0 Å². The Kier molecular flexibility index (Phi) is 5.56. The van der Waals surface area contributed by atoms with Gasteiger partial charge in [-0.2, -0.15) is 0 Å². The highest BCUT2D eigenvalue weighted by atomic mass is 32.1. The fraction of sp³-hybridized carbons (Fsp3) is 0.286. The molecule has 0 atom stereocenters. The number of benzene rings is 2. The Morgan fingerprint density at radius 1 is 1.00 bits per heavy atom. The number of carbonyl (C=O) groups excluding carboxylic acids is 1. The predicted octanol–water partition coefficient (Wildman–Crippen LogP) is 6.85. The van der Waals surface area contributed by atoms with Gasteiger partial charge in [-0.05, 0) is 60.3 Å². The Morgan fingerprint density at radius 2 is 1.69 bits per heavy atom. The van der Waals surface area contributed by atoms with Crippen LogP contribution in [0.5, 0.6) is 0 Å². The van der Waals surface area contributed by atoms with E-state index in [9.17, 15) is 4.79 Å². The van der Waals surface area contributed by atoms with Crippen molar-refractivity contribution < 1.29 is 4.79 Å². The third-order valence-electron chi connectivity index (χ3n) is 6.34. The molecule has 32 heavy (non-hydrogen) atoms. The molecule has 0 saturated carbocycles. The molecule has 0 spiro atoms. The van der Waals surface area contributed by atoms with Crippen LogP contribution in [0.4, 0.5) is 5.69 Å². The molecule has 0 fully saturated rings. The van der Waals surface area contributed by atoms with Crippen LogP contribution in [0.3, 0.4) is 0 Å². The lowest BCUT2D eigenvalue weighted by Crippen LogP contribution is -2.11. The van der Waals surface area contributed by atoms with Crippen molar-refractivity contribution in [1.29, 1.82) is 0 Å². The zero-order chi connectivity index (χ0) is 22.2. The summed E-state index contributed by atoms with van der Waals surface area (Å²) in [6, 6.07) is 18.0. The molecule has 1 aliphatic rings. The second-order valence-electron chi connectivity index (χ2n) is 9.12. The summed E-state index contributed by atoms with van der Waals surface area (Å²) in [5, 5.41) is 1.02. The fourth-order valence-electron chi connectivity index (χ4n) is 4.79. The number of pyridine rings is 1. The van der Waals surface area contributed by atoms with Crippen molar-refractivity contribution in [2.75, 3.05) is 5.73 Å². The first kappa shape index (κ1) is 20.9. The van der Waals surface area contributed by atoms with E-state index < -0.39 is 0 Å². The standard InChI is InChI=1S/C28H28N2OS/c1-17(2)16-22-21-10-6-7-11-23(21)30-28-24(22)25(29)27(32-28)26(31)20-14-12-19(13-15-20)18-8-4-3-5-9-18/h3-5,8-9,12-15,17H,6-7,10-11,16,29H2,1-2H3. The van der Waals surface area contributed by atoms with E-state index in [4.69, 9.17) is 10.7 Å². The zero-order valence-corrected chi connectivity index (χ0v) is 19.5.